The molecular formula is C18H14N2O2. The summed E-state index contributed by atoms with van der Waals surface area (Å²) in [7, 11) is 0. The van der Waals surface area contributed by atoms with Gasteiger partial charge in [-0.05, 0) is 24.6 Å². The van der Waals surface area contributed by atoms with Crippen molar-refractivity contribution in [3.05, 3.63) is 59.7 Å². The lowest BCUT2D eigenvalue weighted by atomic mass is 9.87. The van der Waals surface area contributed by atoms with Crippen molar-refractivity contribution in [3.8, 4) is 0 Å². The van der Waals surface area contributed by atoms with Crippen LogP contribution >= 0.6 is 0 Å². The van der Waals surface area contributed by atoms with Gasteiger partial charge in [0.05, 0.1) is 16.9 Å². The number of benzene rings is 2. The maximum absolute atomic E-state index is 12.6. The summed E-state index contributed by atoms with van der Waals surface area (Å²) in [5, 5.41) is 0. The molecule has 1 atom stereocenters. The van der Waals surface area contributed by atoms with Crippen molar-refractivity contribution in [1.29, 1.82) is 0 Å². The molecule has 1 unspecified atom stereocenters. The number of nitrogens with zero attached hydrogens (tertiary/aromatic N) is 2. The minimum absolute atomic E-state index is 0.443. The Hall–Kier alpha value is -2.75. The maximum Gasteiger partial charge on any atom is 0.300 e. The van der Waals surface area contributed by atoms with Crippen molar-refractivity contribution in [2.75, 3.05) is 4.90 Å². The van der Waals surface area contributed by atoms with Crippen LogP contribution < -0.4 is 4.90 Å². The topological polar surface area (TPSA) is 49.7 Å². The molecule has 2 aromatic carbocycles. The first-order chi connectivity index (χ1) is 10.7. The Bertz CT molecular complexity index is 840. The van der Waals surface area contributed by atoms with Gasteiger partial charge >= 0.3 is 5.91 Å². The zero-order chi connectivity index (χ0) is 15.3. The highest BCUT2D eigenvalue weighted by atomic mass is 16.2. The van der Waals surface area contributed by atoms with Gasteiger partial charge in [0, 0.05) is 11.8 Å². The molecule has 2 aliphatic rings. The number of fused-ring (bicyclic) bond motifs is 2. The lowest BCUT2D eigenvalue weighted by Gasteiger charge is -2.36. The fraction of sp³-hybridized carbons (Fsp3) is 0.167. The largest absolute Gasteiger partial charge is 0.300 e. The fourth-order valence-corrected chi connectivity index (χ4v) is 3.40. The second-order valence-electron chi connectivity index (χ2n) is 5.54. The van der Waals surface area contributed by atoms with Crippen molar-refractivity contribution in [3.63, 3.8) is 0 Å². The summed E-state index contributed by atoms with van der Waals surface area (Å²) in [5.74, 6) is -0.924. The van der Waals surface area contributed by atoms with Crippen molar-refractivity contribution in [2.45, 2.75) is 18.9 Å². The summed E-state index contributed by atoms with van der Waals surface area (Å²) in [6, 6.07) is 14.9. The first kappa shape index (κ1) is 13.0. The van der Waals surface area contributed by atoms with Gasteiger partial charge in [-0.25, -0.2) is 0 Å². The number of Topliss-reactive ketones (excluding diaryl/α,β-unsaturated/α-hetero) is 1. The molecule has 22 heavy (non-hydrogen) atoms. The van der Waals surface area contributed by atoms with E-state index >= 15 is 0 Å². The van der Waals surface area contributed by atoms with Crippen LogP contribution in [0.4, 0.5) is 11.4 Å². The molecule has 0 radical (unpaired) electrons. The van der Waals surface area contributed by atoms with Crippen molar-refractivity contribution in [2.24, 2.45) is 4.99 Å². The van der Waals surface area contributed by atoms with Gasteiger partial charge in [-0.15, -0.1) is 0 Å². The van der Waals surface area contributed by atoms with E-state index in [-0.39, 0.29) is 0 Å². The molecule has 0 saturated heterocycles. The molecule has 2 aliphatic heterocycles. The zero-order valence-electron chi connectivity index (χ0n) is 12.1. The Kier molecular flexibility index (Phi) is 2.57. The molecule has 4 heteroatoms. The first-order valence-corrected chi connectivity index (χ1v) is 7.31. The van der Waals surface area contributed by atoms with Crippen LogP contribution in [-0.4, -0.2) is 17.9 Å². The monoisotopic (exact) mass is 290 g/mol. The summed E-state index contributed by atoms with van der Waals surface area (Å²) >= 11 is 0. The standard InChI is InChI=1S/C18H14N2O2/c1-2-18(11-19-14-9-5-4-8-13(14)18)20-15-10-6-3-7-12(15)16(21)17(20)22/h3-11H,2H2,1H3. The number of hydrogen-bond donors (Lipinski definition) is 0. The van der Waals surface area contributed by atoms with Crippen LogP contribution in [0.15, 0.2) is 53.5 Å². The van der Waals surface area contributed by atoms with E-state index in [2.05, 4.69) is 4.99 Å². The van der Waals surface area contributed by atoms with Gasteiger partial charge in [-0.3, -0.25) is 19.5 Å². The van der Waals surface area contributed by atoms with E-state index in [0.29, 0.717) is 17.7 Å². The minimum Gasteiger partial charge on any atom is -0.289 e. The second kappa shape index (κ2) is 4.37. The zero-order valence-corrected chi connectivity index (χ0v) is 12.1. The number of amides is 1. The molecule has 0 aliphatic carbocycles. The number of anilines is 1. The molecule has 0 N–H and O–H groups in total. The summed E-state index contributed by atoms with van der Waals surface area (Å²) in [6.07, 6.45) is 2.45. The van der Waals surface area contributed by atoms with E-state index in [4.69, 9.17) is 0 Å². The molecule has 108 valence electrons. The van der Waals surface area contributed by atoms with E-state index in [1.54, 1.807) is 23.2 Å². The van der Waals surface area contributed by atoms with Gasteiger partial charge in [0.15, 0.2) is 0 Å². The number of para-hydroxylation sites is 2. The molecule has 2 aromatic rings. The van der Waals surface area contributed by atoms with E-state index in [0.717, 1.165) is 11.3 Å². The Morgan fingerprint density at radius 2 is 1.77 bits per heavy atom. The SMILES string of the molecule is CCC1(N2C(=O)C(=O)c3ccccc32)C=Nc2ccccc21. The molecule has 0 bridgehead atoms. The van der Waals surface area contributed by atoms with Gasteiger partial charge < -0.3 is 0 Å². The molecular weight excluding hydrogens is 276 g/mol. The van der Waals surface area contributed by atoms with Crippen LogP contribution in [0.2, 0.25) is 0 Å². The van der Waals surface area contributed by atoms with Crippen LogP contribution in [0.5, 0.6) is 0 Å². The van der Waals surface area contributed by atoms with Crippen LogP contribution in [0, 0.1) is 0 Å². The summed E-state index contributed by atoms with van der Waals surface area (Å²) in [5.41, 5.74) is 2.28. The number of hydrogen-bond acceptors (Lipinski definition) is 3. The number of aliphatic imine (C=N–C) groups is 1. The lowest BCUT2D eigenvalue weighted by Crippen LogP contribution is -2.49. The minimum atomic E-state index is -0.685. The number of carbonyl (C=O) groups is 2. The molecule has 2 heterocycles. The molecule has 1 amide bonds. The maximum atomic E-state index is 12.6. The number of carbonyl (C=O) groups excluding carboxylic acids is 2. The van der Waals surface area contributed by atoms with E-state index < -0.39 is 17.2 Å². The Balaban J connectivity index is 1.97. The Morgan fingerprint density at radius 3 is 2.59 bits per heavy atom. The lowest BCUT2D eigenvalue weighted by molar-refractivity contribution is -0.115. The van der Waals surface area contributed by atoms with Gasteiger partial charge in [-0.1, -0.05) is 37.3 Å². The predicted octanol–water partition coefficient (Wildman–Crippen LogP) is 3.24. The summed E-state index contributed by atoms with van der Waals surface area (Å²) < 4.78 is 0. The molecule has 4 nitrogen and oxygen atoms in total. The molecule has 0 fully saturated rings. The van der Waals surface area contributed by atoms with E-state index in [1.165, 1.54) is 0 Å². The van der Waals surface area contributed by atoms with Crippen LogP contribution in [-0.2, 0) is 10.3 Å². The third kappa shape index (κ3) is 1.44. The highest BCUT2D eigenvalue weighted by Crippen LogP contribution is 2.46. The van der Waals surface area contributed by atoms with Crippen LogP contribution in [0.3, 0.4) is 0 Å². The normalized spacial score (nSPS) is 22.1. The van der Waals surface area contributed by atoms with Crippen LogP contribution in [0.25, 0.3) is 0 Å². The average molecular weight is 290 g/mol. The molecule has 0 aromatic heterocycles. The fourth-order valence-electron chi connectivity index (χ4n) is 3.40. The van der Waals surface area contributed by atoms with Crippen molar-refractivity contribution >= 4 is 29.3 Å². The quantitative estimate of drug-likeness (QED) is 0.797. The highest BCUT2D eigenvalue weighted by Gasteiger charge is 2.50. The summed E-state index contributed by atoms with van der Waals surface area (Å²) in [6.45, 7) is 2.01. The molecule has 4 rings (SSSR count). The third-order valence-electron chi connectivity index (χ3n) is 4.51. The smallest absolute Gasteiger partial charge is 0.289 e. The predicted molar refractivity (Wildman–Crippen MR) is 84.8 cm³/mol. The number of ketones is 1. The van der Waals surface area contributed by atoms with Crippen molar-refractivity contribution in [1.82, 2.24) is 0 Å². The van der Waals surface area contributed by atoms with Gasteiger partial charge in [-0.2, -0.15) is 0 Å². The first-order valence-electron chi connectivity index (χ1n) is 7.31. The third-order valence-corrected chi connectivity index (χ3v) is 4.51. The van der Waals surface area contributed by atoms with E-state index in [1.807, 2.05) is 43.3 Å². The van der Waals surface area contributed by atoms with E-state index in [9.17, 15) is 9.59 Å². The van der Waals surface area contributed by atoms with Crippen LogP contribution in [0.1, 0.15) is 29.3 Å². The van der Waals surface area contributed by atoms with Gasteiger partial charge in [0.25, 0.3) is 5.78 Å². The average Bonchev–Trinajstić information content (AvgIpc) is 3.06. The second-order valence-corrected chi connectivity index (χ2v) is 5.54. The highest BCUT2D eigenvalue weighted by molar-refractivity contribution is 6.53. The van der Waals surface area contributed by atoms with Gasteiger partial charge in [0.1, 0.15) is 5.54 Å². The molecule has 0 spiro atoms. The van der Waals surface area contributed by atoms with Gasteiger partial charge in [0.2, 0.25) is 0 Å². The Labute approximate surface area is 128 Å². The Morgan fingerprint density at radius 1 is 1.05 bits per heavy atom. The summed E-state index contributed by atoms with van der Waals surface area (Å²) in [4.78, 5) is 31.0. The molecule has 0 saturated carbocycles. The number of rotatable bonds is 2. The van der Waals surface area contributed by atoms with Crippen molar-refractivity contribution < 1.29 is 9.59 Å².